The van der Waals surface area contributed by atoms with E-state index in [2.05, 4.69) is 136 Å². The number of carboxylic acid groups (broad SMARTS) is 1. The van der Waals surface area contributed by atoms with E-state index in [1.54, 1.807) is 12.1 Å². The van der Waals surface area contributed by atoms with E-state index < -0.39 is 5.97 Å². The topological polar surface area (TPSA) is 67.6 Å². The number of anilines is 4. The number of benzene rings is 4. The Labute approximate surface area is 303 Å². The molecule has 0 radical (unpaired) electrons. The summed E-state index contributed by atoms with van der Waals surface area (Å²) in [5.74, 6) is -1.23. The van der Waals surface area contributed by atoms with E-state index in [0.717, 1.165) is 55.5 Å². The fraction of sp³-hybridized carbons (Fsp3) is 0.304. The Kier molecular flexibility index (Phi) is 10.1. The number of carbonyl (C=O) groups is 1. The van der Waals surface area contributed by atoms with Crippen molar-refractivity contribution in [1.29, 1.82) is 5.26 Å². The molecule has 2 heterocycles. The lowest BCUT2D eigenvalue weighted by atomic mass is 9.87. The van der Waals surface area contributed by atoms with E-state index in [4.69, 9.17) is 0 Å². The van der Waals surface area contributed by atoms with Crippen molar-refractivity contribution in [2.45, 2.75) is 78.1 Å². The SMILES string of the molecule is CC(C)(C)c1ccc(N2CCCc3cc(C(=CC=CC=C(C#N)C(=O)O)c4ccc5c(c4)CCCN5c4ccc(C(C)(C)C)cc4)ccc32)cc1. The van der Waals surface area contributed by atoms with Gasteiger partial charge in [0.05, 0.1) is 0 Å². The smallest absolute Gasteiger partial charge is 0.346 e. The number of aryl methyl sites for hydroxylation is 2. The largest absolute Gasteiger partial charge is 0.477 e. The molecule has 4 aromatic rings. The first kappa shape index (κ1) is 35.5. The molecule has 4 aromatic carbocycles. The van der Waals surface area contributed by atoms with Crippen molar-refractivity contribution in [2.75, 3.05) is 22.9 Å². The summed E-state index contributed by atoms with van der Waals surface area (Å²) in [5.41, 5.74) is 13.4. The molecule has 51 heavy (non-hydrogen) atoms. The monoisotopic (exact) mass is 675 g/mol. The molecule has 1 N–H and O–H groups in total. The maximum Gasteiger partial charge on any atom is 0.346 e. The second-order valence-electron chi connectivity index (χ2n) is 15.8. The highest BCUT2D eigenvalue weighted by atomic mass is 16.4. The van der Waals surface area contributed by atoms with Gasteiger partial charge in [0.2, 0.25) is 0 Å². The number of allylic oxidation sites excluding steroid dienone is 4. The Bertz CT molecular complexity index is 1930. The van der Waals surface area contributed by atoms with E-state index in [1.807, 2.05) is 12.2 Å². The van der Waals surface area contributed by atoms with E-state index in [-0.39, 0.29) is 16.4 Å². The molecule has 0 fully saturated rings. The van der Waals surface area contributed by atoms with Crippen molar-refractivity contribution in [3.63, 3.8) is 0 Å². The predicted molar refractivity (Wildman–Crippen MR) is 211 cm³/mol. The molecule has 5 nitrogen and oxygen atoms in total. The number of hydrogen-bond donors (Lipinski definition) is 1. The summed E-state index contributed by atoms with van der Waals surface area (Å²) in [6.07, 6.45) is 11.0. The molecule has 0 amide bonds. The summed E-state index contributed by atoms with van der Waals surface area (Å²) >= 11 is 0. The first-order valence-electron chi connectivity index (χ1n) is 18.1. The normalized spacial score (nSPS) is 14.9. The second kappa shape index (κ2) is 14.5. The highest BCUT2D eigenvalue weighted by molar-refractivity contribution is 5.91. The Morgan fingerprint density at radius 3 is 1.49 bits per heavy atom. The van der Waals surface area contributed by atoms with Crippen LogP contribution in [0.1, 0.15) is 87.8 Å². The summed E-state index contributed by atoms with van der Waals surface area (Å²) in [7, 11) is 0. The van der Waals surface area contributed by atoms with Crippen LogP contribution in [0.5, 0.6) is 0 Å². The van der Waals surface area contributed by atoms with Crippen LogP contribution in [0.15, 0.2) is 115 Å². The van der Waals surface area contributed by atoms with E-state index in [9.17, 15) is 15.2 Å². The summed E-state index contributed by atoms with van der Waals surface area (Å²) in [5, 5.41) is 18.6. The average molecular weight is 676 g/mol. The molecule has 2 aliphatic heterocycles. The number of rotatable bonds is 7. The van der Waals surface area contributed by atoms with E-state index in [1.165, 1.54) is 51.1 Å². The van der Waals surface area contributed by atoms with Gasteiger partial charge in [-0.3, -0.25) is 0 Å². The Morgan fingerprint density at radius 1 is 0.667 bits per heavy atom. The minimum absolute atomic E-state index is 0.108. The third-order valence-corrected chi connectivity index (χ3v) is 10.1. The molecule has 0 saturated heterocycles. The average Bonchev–Trinajstić information content (AvgIpc) is 3.11. The molecule has 0 bridgehead atoms. The molecule has 0 saturated carbocycles. The zero-order valence-corrected chi connectivity index (χ0v) is 30.8. The lowest BCUT2D eigenvalue weighted by molar-refractivity contribution is -0.132. The number of nitriles is 1. The van der Waals surface area contributed by atoms with Gasteiger partial charge in [-0.15, -0.1) is 0 Å². The lowest BCUT2D eigenvalue weighted by Gasteiger charge is -2.33. The van der Waals surface area contributed by atoms with Crippen molar-refractivity contribution in [3.05, 3.63) is 148 Å². The van der Waals surface area contributed by atoms with Gasteiger partial charge < -0.3 is 14.9 Å². The van der Waals surface area contributed by atoms with Gasteiger partial charge >= 0.3 is 5.97 Å². The van der Waals surface area contributed by atoms with Crippen LogP contribution < -0.4 is 9.80 Å². The highest BCUT2D eigenvalue weighted by Gasteiger charge is 2.23. The van der Waals surface area contributed by atoms with Crippen LogP contribution in [-0.4, -0.2) is 24.2 Å². The van der Waals surface area contributed by atoms with Crippen LogP contribution in [0.3, 0.4) is 0 Å². The number of hydrogen-bond acceptors (Lipinski definition) is 4. The fourth-order valence-corrected chi connectivity index (χ4v) is 7.17. The van der Waals surface area contributed by atoms with Crippen molar-refractivity contribution < 1.29 is 9.90 Å². The summed E-state index contributed by atoms with van der Waals surface area (Å²) in [6, 6.07) is 33.3. The van der Waals surface area contributed by atoms with Crippen molar-refractivity contribution >= 4 is 34.3 Å². The number of fused-ring (bicyclic) bond motifs is 2. The summed E-state index contributed by atoms with van der Waals surface area (Å²) < 4.78 is 0. The molecule has 0 aromatic heterocycles. The number of carboxylic acids is 1. The quantitative estimate of drug-likeness (QED) is 0.120. The van der Waals surface area contributed by atoms with Crippen LogP contribution in [0, 0.1) is 11.3 Å². The van der Waals surface area contributed by atoms with Gasteiger partial charge in [0.15, 0.2) is 0 Å². The minimum atomic E-state index is -1.23. The molecular formula is C46H49N3O2. The van der Waals surface area contributed by atoms with Crippen molar-refractivity contribution in [2.24, 2.45) is 0 Å². The molecule has 6 rings (SSSR count). The first-order chi connectivity index (χ1) is 24.3. The standard InChI is InChI=1S/C46H49N3O2/c1-45(2,3)37-17-21-39(22-18-37)48-27-9-12-34-29-32(15-25-42(34)48)41(14-8-7-11-36(31-47)44(50)51)33-16-26-43-35(30-33)13-10-28-49(43)40-23-19-38(20-24-40)46(4,5)6/h7-8,11,14-26,29-30H,9-10,12-13,27-28H2,1-6H3,(H,50,51). The van der Waals surface area contributed by atoms with Crippen LogP contribution in [-0.2, 0) is 28.5 Å². The van der Waals surface area contributed by atoms with E-state index in [0.29, 0.717) is 0 Å². The second-order valence-corrected chi connectivity index (χ2v) is 15.8. The van der Waals surface area contributed by atoms with Crippen LogP contribution in [0.2, 0.25) is 0 Å². The molecule has 0 aliphatic carbocycles. The third-order valence-electron chi connectivity index (χ3n) is 10.1. The van der Waals surface area contributed by atoms with Crippen LogP contribution >= 0.6 is 0 Å². The van der Waals surface area contributed by atoms with Gasteiger partial charge in [0.1, 0.15) is 11.6 Å². The Morgan fingerprint density at radius 2 is 1.10 bits per heavy atom. The zero-order chi connectivity index (χ0) is 36.3. The molecular weight excluding hydrogens is 627 g/mol. The van der Waals surface area contributed by atoms with Crippen molar-refractivity contribution in [3.8, 4) is 6.07 Å². The molecule has 0 atom stereocenters. The Hall–Kier alpha value is -5.34. The van der Waals surface area contributed by atoms with Crippen LogP contribution in [0.25, 0.3) is 5.57 Å². The number of nitrogens with zero attached hydrogens (tertiary/aromatic N) is 3. The molecule has 0 spiro atoms. The summed E-state index contributed by atoms with van der Waals surface area (Å²) in [6.45, 7) is 15.4. The number of aliphatic carboxylic acids is 1. The molecule has 2 aliphatic rings. The maximum absolute atomic E-state index is 11.4. The van der Waals surface area contributed by atoms with Gasteiger partial charge in [0.25, 0.3) is 0 Å². The fourth-order valence-electron chi connectivity index (χ4n) is 7.17. The summed E-state index contributed by atoms with van der Waals surface area (Å²) in [4.78, 5) is 16.3. The predicted octanol–water partition coefficient (Wildman–Crippen LogP) is 11.0. The van der Waals surface area contributed by atoms with Gasteiger partial charge in [-0.1, -0.05) is 96.2 Å². The minimum Gasteiger partial charge on any atom is -0.477 e. The van der Waals surface area contributed by atoms with Gasteiger partial charge in [-0.2, -0.15) is 5.26 Å². The lowest BCUT2D eigenvalue weighted by Crippen LogP contribution is -2.25. The van der Waals surface area contributed by atoms with Gasteiger partial charge in [0, 0.05) is 35.8 Å². The van der Waals surface area contributed by atoms with Gasteiger partial charge in [-0.25, -0.2) is 4.79 Å². The maximum atomic E-state index is 11.4. The molecule has 0 unspecified atom stereocenters. The molecule has 260 valence electrons. The molecule has 5 heteroatoms. The van der Waals surface area contributed by atoms with E-state index >= 15 is 0 Å². The first-order valence-corrected chi connectivity index (χ1v) is 18.1. The van der Waals surface area contributed by atoms with Crippen LogP contribution in [0.4, 0.5) is 22.7 Å². The van der Waals surface area contributed by atoms with Gasteiger partial charge in [-0.05, 0) is 130 Å². The third kappa shape index (κ3) is 7.86. The highest BCUT2D eigenvalue weighted by Crippen LogP contribution is 2.40. The van der Waals surface area contributed by atoms with Crippen molar-refractivity contribution in [1.82, 2.24) is 0 Å². The Balaban J connectivity index is 1.37. The zero-order valence-electron chi connectivity index (χ0n) is 30.8.